The first kappa shape index (κ1) is 13.2. The average molecular weight is 270 g/mol. The molecule has 1 heterocycles. The number of likely N-dealkylation sites (N-methyl/N-ethyl adjacent to an activating group) is 1. The van der Waals surface area contributed by atoms with E-state index < -0.39 is 5.97 Å². The van der Waals surface area contributed by atoms with E-state index in [0.29, 0.717) is 12.2 Å². The second-order valence-corrected chi connectivity index (χ2v) is 4.86. The van der Waals surface area contributed by atoms with Crippen molar-refractivity contribution in [1.29, 1.82) is 0 Å². The molecule has 98 valence electrons. The summed E-state index contributed by atoms with van der Waals surface area (Å²) in [5, 5.41) is 9.48. The molecule has 1 fully saturated rings. The van der Waals surface area contributed by atoms with Gasteiger partial charge in [-0.1, -0.05) is 17.7 Å². The fourth-order valence-corrected chi connectivity index (χ4v) is 2.49. The molecule has 1 aliphatic rings. The number of carbonyl (C=O) groups is 1. The zero-order chi connectivity index (χ0) is 13.1. The second-order valence-electron chi connectivity index (χ2n) is 4.45. The quantitative estimate of drug-likeness (QED) is 0.913. The van der Waals surface area contributed by atoms with Crippen molar-refractivity contribution in [3.8, 4) is 0 Å². The zero-order valence-electron chi connectivity index (χ0n) is 10.2. The molecule has 0 bridgehead atoms. The molecule has 0 amide bonds. The van der Waals surface area contributed by atoms with Gasteiger partial charge in [-0.25, -0.2) is 4.79 Å². The Hall–Kier alpha value is -1.26. The topological polar surface area (TPSA) is 49.8 Å². The lowest BCUT2D eigenvalue weighted by atomic mass is 10.1. The first-order valence-corrected chi connectivity index (χ1v) is 6.32. The van der Waals surface area contributed by atoms with E-state index in [1.807, 2.05) is 11.9 Å². The third-order valence-electron chi connectivity index (χ3n) is 3.12. The van der Waals surface area contributed by atoms with E-state index >= 15 is 0 Å². The van der Waals surface area contributed by atoms with Crippen molar-refractivity contribution in [3.05, 3.63) is 28.8 Å². The van der Waals surface area contributed by atoms with Crippen LogP contribution in [0.25, 0.3) is 0 Å². The number of benzene rings is 1. The van der Waals surface area contributed by atoms with E-state index in [9.17, 15) is 9.90 Å². The van der Waals surface area contributed by atoms with Gasteiger partial charge in [0.15, 0.2) is 0 Å². The smallest absolute Gasteiger partial charge is 0.339 e. The summed E-state index contributed by atoms with van der Waals surface area (Å²) < 4.78 is 5.55. The van der Waals surface area contributed by atoms with E-state index in [2.05, 4.69) is 0 Å². The van der Waals surface area contributed by atoms with Crippen molar-refractivity contribution in [2.45, 2.75) is 18.9 Å². The number of anilines is 1. The largest absolute Gasteiger partial charge is 0.478 e. The highest BCUT2D eigenvalue weighted by Crippen LogP contribution is 2.27. The molecular weight excluding hydrogens is 254 g/mol. The molecule has 0 aromatic heterocycles. The van der Waals surface area contributed by atoms with Crippen LogP contribution in [0.1, 0.15) is 23.2 Å². The molecule has 0 saturated carbocycles. The maximum Gasteiger partial charge on any atom is 0.339 e. The predicted octanol–water partition coefficient (Wildman–Crippen LogP) is 2.65. The van der Waals surface area contributed by atoms with E-state index in [1.165, 1.54) is 0 Å². The average Bonchev–Trinajstić information content (AvgIpc) is 2.80. The Bertz CT molecular complexity index is 444. The minimum Gasteiger partial charge on any atom is -0.478 e. The van der Waals surface area contributed by atoms with Crippen molar-refractivity contribution in [1.82, 2.24) is 0 Å². The van der Waals surface area contributed by atoms with Crippen molar-refractivity contribution < 1.29 is 14.6 Å². The molecule has 1 saturated heterocycles. The molecule has 1 atom stereocenters. The molecular formula is C13H16ClNO3. The van der Waals surface area contributed by atoms with Crippen LogP contribution in [0.15, 0.2) is 18.2 Å². The molecule has 18 heavy (non-hydrogen) atoms. The molecule has 1 aromatic rings. The van der Waals surface area contributed by atoms with E-state index in [0.717, 1.165) is 19.4 Å². The maximum absolute atomic E-state index is 11.2. The molecule has 0 spiro atoms. The number of halogens is 1. The van der Waals surface area contributed by atoms with Gasteiger partial charge in [0.05, 0.1) is 16.8 Å². The minimum absolute atomic E-state index is 0.152. The Balaban J connectivity index is 2.20. The van der Waals surface area contributed by atoms with Crippen molar-refractivity contribution in [3.63, 3.8) is 0 Å². The van der Waals surface area contributed by atoms with Gasteiger partial charge in [-0.05, 0) is 25.0 Å². The molecule has 5 heteroatoms. The highest BCUT2D eigenvalue weighted by molar-refractivity contribution is 6.34. The number of aromatic carboxylic acids is 1. The van der Waals surface area contributed by atoms with Crippen LogP contribution >= 0.6 is 11.6 Å². The van der Waals surface area contributed by atoms with Crippen LogP contribution in [0.2, 0.25) is 5.02 Å². The number of nitrogens with zero attached hydrogens (tertiary/aromatic N) is 1. The van der Waals surface area contributed by atoms with Gasteiger partial charge < -0.3 is 14.7 Å². The van der Waals surface area contributed by atoms with Crippen molar-refractivity contribution >= 4 is 23.3 Å². The van der Waals surface area contributed by atoms with Crippen LogP contribution in [0.4, 0.5) is 5.69 Å². The summed E-state index contributed by atoms with van der Waals surface area (Å²) in [5.74, 6) is -1.00. The lowest BCUT2D eigenvalue weighted by Gasteiger charge is -2.24. The number of carboxylic acids is 1. The molecule has 0 aliphatic carbocycles. The Morgan fingerprint density at radius 2 is 2.39 bits per heavy atom. The lowest BCUT2D eigenvalue weighted by molar-refractivity contribution is 0.0697. The standard InChI is InChI=1S/C13H16ClNO3/c1-15(8-9-4-3-7-18-9)11-6-2-5-10(14)12(11)13(16)17/h2,5-6,9H,3-4,7-8H2,1H3,(H,16,17). The molecule has 2 rings (SSSR count). The van der Waals surface area contributed by atoms with E-state index in [4.69, 9.17) is 16.3 Å². The Kier molecular flexibility index (Phi) is 4.09. The summed E-state index contributed by atoms with van der Waals surface area (Å²) in [6.45, 7) is 1.47. The second kappa shape index (κ2) is 5.59. The summed E-state index contributed by atoms with van der Waals surface area (Å²) >= 11 is 5.95. The Labute approximate surface area is 111 Å². The molecule has 1 N–H and O–H groups in total. The molecule has 1 aromatic carbocycles. The molecule has 0 radical (unpaired) electrons. The highest BCUT2D eigenvalue weighted by atomic mass is 35.5. The van der Waals surface area contributed by atoms with Gasteiger partial charge in [-0.3, -0.25) is 0 Å². The summed E-state index contributed by atoms with van der Waals surface area (Å²) in [7, 11) is 1.86. The van der Waals surface area contributed by atoms with Crippen LogP contribution in [-0.2, 0) is 4.74 Å². The Morgan fingerprint density at radius 1 is 1.61 bits per heavy atom. The number of hydrogen-bond donors (Lipinski definition) is 1. The van der Waals surface area contributed by atoms with Crippen molar-refractivity contribution in [2.75, 3.05) is 25.1 Å². The summed E-state index contributed by atoms with van der Waals surface area (Å²) in [4.78, 5) is 13.1. The van der Waals surface area contributed by atoms with Crippen LogP contribution < -0.4 is 4.90 Å². The zero-order valence-corrected chi connectivity index (χ0v) is 11.0. The molecule has 4 nitrogen and oxygen atoms in total. The van der Waals surface area contributed by atoms with Crippen molar-refractivity contribution in [2.24, 2.45) is 0 Å². The minimum atomic E-state index is -1.00. The summed E-state index contributed by atoms with van der Waals surface area (Å²) in [5.41, 5.74) is 0.783. The normalized spacial score (nSPS) is 18.9. The monoisotopic (exact) mass is 269 g/mol. The van der Waals surface area contributed by atoms with Gasteiger partial charge in [-0.15, -0.1) is 0 Å². The van der Waals surface area contributed by atoms with Crippen LogP contribution in [-0.4, -0.2) is 37.4 Å². The fourth-order valence-electron chi connectivity index (χ4n) is 2.23. The van der Waals surface area contributed by atoms with Gasteiger partial charge in [0.25, 0.3) is 0 Å². The van der Waals surface area contributed by atoms with Gasteiger partial charge in [-0.2, -0.15) is 0 Å². The summed E-state index contributed by atoms with van der Waals surface area (Å²) in [6.07, 6.45) is 2.27. The highest BCUT2D eigenvalue weighted by Gasteiger charge is 2.21. The van der Waals surface area contributed by atoms with Crippen LogP contribution in [0.5, 0.6) is 0 Å². The van der Waals surface area contributed by atoms with Gasteiger partial charge in [0, 0.05) is 20.2 Å². The first-order chi connectivity index (χ1) is 8.59. The Morgan fingerprint density at radius 3 is 3.00 bits per heavy atom. The van der Waals surface area contributed by atoms with Gasteiger partial charge in [0.2, 0.25) is 0 Å². The number of rotatable bonds is 4. The number of carboxylic acid groups (broad SMARTS) is 1. The maximum atomic E-state index is 11.2. The van der Waals surface area contributed by atoms with E-state index in [-0.39, 0.29) is 16.7 Å². The SMILES string of the molecule is CN(CC1CCCO1)c1cccc(Cl)c1C(=O)O. The van der Waals surface area contributed by atoms with Crippen LogP contribution in [0.3, 0.4) is 0 Å². The van der Waals surface area contributed by atoms with Crippen LogP contribution in [0, 0.1) is 0 Å². The number of ether oxygens (including phenoxy) is 1. The molecule has 1 aliphatic heterocycles. The van der Waals surface area contributed by atoms with Gasteiger partial charge >= 0.3 is 5.97 Å². The third-order valence-corrected chi connectivity index (χ3v) is 3.43. The fraction of sp³-hybridized carbons (Fsp3) is 0.462. The predicted molar refractivity (Wildman–Crippen MR) is 70.7 cm³/mol. The lowest BCUT2D eigenvalue weighted by Crippen LogP contribution is -2.29. The summed E-state index contributed by atoms with van der Waals surface area (Å²) in [6, 6.07) is 5.12. The third kappa shape index (κ3) is 2.76. The molecule has 1 unspecified atom stereocenters. The van der Waals surface area contributed by atoms with Gasteiger partial charge in [0.1, 0.15) is 5.56 Å². The number of hydrogen-bond acceptors (Lipinski definition) is 3. The van der Waals surface area contributed by atoms with E-state index in [1.54, 1.807) is 18.2 Å². The first-order valence-electron chi connectivity index (χ1n) is 5.94.